The van der Waals surface area contributed by atoms with Crippen LogP contribution in [-0.4, -0.2) is 32.4 Å². The normalized spacial score (nSPS) is 20.0. The van der Waals surface area contributed by atoms with Crippen molar-refractivity contribution in [3.8, 4) is 0 Å². The fourth-order valence-electron chi connectivity index (χ4n) is 3.19. The lowest BCUT2D eigenvalue weighted by molar-refractivity contribution is 0.121. The molecule has 0 radical (unpaired) electrons. The first kappa shape index (κ1) is 14.3. The predicted octanol–water partition coefficient (Wildman–Crippen LogP) is 2.85. The molecule has 1 atom stereocenters. The number of aromatic nitrogens is 3. The zero-order valence-corrected chi connectivity index (χ0v) is 13.2. The van der Waals surface area contributed by atoms with Gasteiger partial charge < -0.3 is 4.52 Å². The summed E-state index contributed by atoms with van der Waals surface area (Å²) in [6.07, 6.45) is 7.88. The van der Waals surface area contributed by atoms with E-state index in [0.717, 1.165) is 31.1 Å². The van der Waals surface area contributed by atoms with E-state index in [1.165, 1.54) is 30.4 Å². The molecule has 1 fully saturated rings. The molecule has 5 heteroatoms. The summed E-state index contributed by atoms with van der Waals surface area (Å²) in [5.74, 6) is 0.951. The van der Waals surface area contributed by atoms with E-state index in [-0.39, 0.29) is 0 Å². The second-order valence-corrected chi connectivity index (χ2v) is 6.16. The number of hydrogen-bond donors (Lipinski definition) is 0. The van der Waals surface area contributed by atoms with Crippen molar-refractivity contribution < 1.29 is 4.52 Å². The lowest BCUT2D eigenvalue weighted by Crippen LogP contribution is -2.41. The third kappa shape index (κ3) is 3.18. The molecule has 2 aromatic heterocycles. The zero-order valence-electron chi connectivity index (χ0n) is 13.2. The molecule has 3 rings (SSSR count). The molecule has 0 aromatic carbocycles. The van der Waals surface area contributed by atoms with Gasteiger partial charge in [0.25, 0.3) is 0 Å². The van der Waals surface area contributed by atoms with Gasteiger partial charge in [0.05, 0.1) is 18.4 Å². The predicted molar refractivity (Wildman–Crippen MR) is 81.0 cm³/mol. The highest BCUT2D eigenvalue weighted by atomic mass is 16.5. The minimum atomic E-state index is 0.548. The summed E-state index contributed by atoms with van der Waals surface area (Å²) < 4.78 is 7.37. The molecule has 3 heterocycles. The van der Waals surface area contributed by atoms with Crippen LogP contribution in [0.1, 0.15) is 41.8 Å². The number of hydrogen-bond acceptors (Lipinski definition) is 4. The molecule has 0 saturated carbocycles. The SMILES string of the molecule is Cc1cnn(C[C@@H]2CCCCN2Cc2c(C)noc2C)c1. The van der Waals surface area contributed by atoms with Crippen LogP contribution < -0.4 is 0 Å². The summed E-state index contributed by atoms with van der Waals surface area (Å²) in [7, 11) is 0. The second-order valence-electron chi connectivity index (χ2n) is 6.16. The van der Waals surface area contributed by atoms with Crippen LogP contribution in [0.5, 0.6) is 0 Å². The molecule has 114 valence electrons. The van der Waals surface area contributed by atoms with E-state index < -0.39 is 0 Å². The van der Waals surface area contributed by atoms with Crippen LogP contribution in [-0.2, 0) is 13.1 Å². The maximum atomic E-state index is 5.30. The molecule has 0 aliphatic carbocycles. The van der Waals surface area contributed by atoms with Gasteiger partial charge in [0.2, 0.25) is 0 Å². The van der Waals surface area contributed by atoms with Crippen LogP contribution in [0.2, 0.25) is 0 Å². The minimum Gasteiger partial charge on any atom is -0.361 e. The van der Waals surface area contributed by atoms with E-state index in [1.54, 1.807) is 0 Å². The van der Waals surface area contributed by atoms with Gasteiger partial charge in [-0.15, -0.1) is 0 Å². The molecule has 0 bridgehead atoms. The molecule has 5 nitrogen and oxygen atoms in total. The van der Waals surface area contributed by atoms with Gasteiger partial charge in [-0.1, -0.05) is 11.6 Å². The molecule has 1 saturated heterocycles. The first-order chi connectivity index (χ1) is 10.1. The second kappa shape index (κ2) is 6.02. The quantitative estimate of drug-likeness (QED) is 0.868. The number of likely N-dealkylation sites (tertiary alicyclic amines) is 1. The Balaban J connectivity index is 1.72. The summed E-state index contributed by atoms with van der Waals surface area (Å²) in [5.41, 5.74) is 3.49. The van der Waals surface area contributed by atoms with E-state index in [2.05, 4.69) is 33.0 Å². The van der Waals surface area contributed by atoms with Crippen molar-refractivity contribution in [1.29, 1.82) is 0 Å². The summed E-state index contributed by atoms with van der Waals surface area (Å²) >= 11 is 0. The van der Waals surface area contributed by atoms with Crippen LogP contribution in [0, 0.1) is 20.8 Å². The molecule has 21 heavy (non-hydrogen) atoms. The first-order valence-corrected chi connectivity index (χ1v) is 7.78. The standard InChI is InChI=1S/C16H24N4O/c1-12-8-17-20(9-12)10-15-6-4-5-7-19(15)11-16-13(2)18-21-14(16)3/h8-9,15H,4-7,10-11H2,1-3H3/t15-/m0/s1. The lowest BCUT2D eigenvalue weighted by Gasteiger charge is -2.35. The Kier molecular flexibility index (Phi) is 4.10. The molecule has 0 unspecified atom stereocenters. The van der Waals surface area contributed by atoms with Gasteiger partial charge >= 0.3 is 0 Å². The zero-order chi connectivity index (χ0) is 14.8. The van der Waals surface area contributed by atoms with E-state index in [1.807, 2.05) is 20.0 Å². The molecule has 2 aromatic rings. The van der Waals surface area contributed by atoms with Gasteiger partial charge in [-0.05, 0) is 45.7 Å². The van der Waals surface area contributed by atoms with Crippen molar-refractivity contribution in [2.24, 2.45) is 0 Å². The number of rotatable bonds is 4. The molecule has 0 N–H and O–H groups in total. The largest absolute Gasteiger partial charge is 0.361 e. The van der Waals surface area contributed by atoms with Crippen molar-refractivity contribution in [3.63, 3.8) is 0 Å². The van der Waals surface area contributed by atoms with Crippen molar-refractivity contribution in [3.05, 3.63) is 35.0 Å². The van der Waals surface area contributed by atoms with Gasteiger partial charge in [0.15, 0.2) is 0 Å². The Hall–Kier alpha value is -1.62. The van der Waals surface area contributed by atoms with Crippen molar-refractivity contribution in [2.45, 2.75) is 59.2 Å². The third-order valence-corrected chi connectivity index (χ3v) is 4.45. The van der Waals surface area contributed by atoms with Crippen molar-refractivity contribution >= 4 is 0 Å². The molecule has 0 amide bonds. The summed E-state index contributed by atoms with van der Waals surface area (Å²) in [6.45, 7) is 9.18. The monoisotopic (exact) mass is 288 g/mol. The summed E-state index contributed by atoms with van der Waals surface area (Å²) in [4.78, 5) is 2.56. The fraction of sp³-hybridized carbons (Fsp3) is 0.625. The van der Waals surface area contributed by atoms with Crippen LogP contribution in [0.15, 0.2) is 16.9 Å². The molecule has 1 aliphatic rings. The topological polar surface area (TPSA) is 47.1 Å². The maximum absolute atomic E-state index is 5.30. The Morgan fingerprint density at radius 1 is 1.29 bits per heavy atom. The Bertz CT molecular complexity index is 582. The van der Waals surface area contributed by atoms with Crippen LogP contribution >= 0.6 is 0 Å². The number of aryl methyl sites for hydroxylation is 3. The average Bonchev–Trinajstić information content (AvgIpc) is 3.01. The van der Waals surface area contributed by atoms with Crippen molar-refractivity contribution in [2.75, 3.05) is 6.54 Å². The molecular formula is C16H24N4O. The highest BCUT2D eigenvalue weighted by molar-refractivity contribution is 5.20. The van der Waals surface area contributed by atoms with Gasteiger partial charge in [-0.3, -0.25) is 9.58 Å². The van der Waals surface area contributed by atoms with Gasteiger partial charge in [-0.2, -0.15) is 5.10 Å². The van der Waals surface area contributed by atoms with E-state index in [0.29, 0.717) is 6.04 Å². The van der Waals surface area contributed by atoms with Gasteiger partial charge in [-0.25, -0.2) is 0 Å². The summed E-state index contributed by atoms with van der Waals surface area (Å²) in [5, 5.41) is 8.51. The minimum absolute atomic E-state index is 0.548. The average molecular weight is 288 g/mol. The number of piperidine rings is 1. The van der Waals surface area contributed by atoms with Gasteiger partial charge in [0, 0.05) is 24.3 Å². The third-order valence-electron chi connectivity index (χ3n) is 4.45. The Morgan fingerprint density at radius 3 is 2.81 bits per heavy atom. The molecule has 1 aliphatic heterocycles. The number of nitrogens with zero attached hydrogens (tertiary/aromatic N) is 4. The van der Waals surface area contributed by atoms with Crippen molar-refractivity contribution in [1.82, 2.24) is 19.8 Å². The highest BCUT2D eigenvalue weighted by Gasteiger charge is 2.25. The Labute approximate surface area is 125 Å². The van der Waals surface area contributed by atoms with Crippen LogP contribution in [0.3, 0.4) is 0 Å². The van der Waals surface area contributed by atoms with Crippen LogP contribution in [0.25, 0.3) is 0 Å². The van der Waals surface area contributed by atoms with E-state index in [9.17, 15) is 0 Å². The van der Waals surface area contributed by atoms with E-state index in [4.69, 9.17) is 4.52 Å². The highest BCUT2D eigenvalue weighted by Crippen LogP contribution is 2.23. The van der Waals surface area contributed by atoms with E-state index >= 15 is 0 Å². The fourth-order valence-corrected chi connectivity index (χ4v) is 3.19. The lowest BCUT2D eigenvalue weighted by atomic mass is 10.0. The maximum Gasteiger partial charge on any atom is 0.138 e. The summed E-state index contributed by atoms with van der Waals surface area (Å²) in [6, 6.07) is 0.548. The Morgan fingerprint density at radius 2 is 2.14 bits per heavy atom. The van der Waals surface area contributed by atoms with Crippen LogP contribution in [0.4, 0.5) is 0 Å². The first-order valence-electron chi connectivity index (χ1n) is 7.78. The molecule has 0 spiro atoms. The smallest absolute Gasteiger partial charge is 0.138 e. The van der Waals surface area contributed by atoms with Gasteiger partial charge in [0.1, 0.15) is 5.76 Å². The molecular weight excluding hydrogens is 264 g/mol.